The van der Waals surface area contributed by atoms with Crippen LogP contribution in [-0.4, -0.2) is 36.2 Å². The molecular formula is C34H41FN2O3. The maximum atomic E-state index is 13.6. The molecule has 6 heteroatoms. The van der Waals surface area contributed by atoms with Gasteiger partial charge in [-0.25, -0.2) is 4.39 Å². The van der Waals surface area contributed by atoms with Crippen molar-refractivity contribution in [3.05, 3.63) is 95.3 Å². The van der Waals surface area contributed by atoms with Crippen LogP contribution in [0.3, 0.4) is 0 Å². The van der Waals surface area contributed by atoms with Crippen LogP contribution in [0.5, 0.6) is 5.75 Å². The van der Waals surface area contributed by atoms with Crippen LogP contribution in [0.25, 0.3) is 0 Å². The third-order valence-electron chi connectivity index (χ3n) is 7.69. The first-order valence-electron chi connectivity index (χ1n) is 14.4. The van der Waals surface area contributed by atoms with E-state index in [0.29, 0.717) is 17.2 Å². The maximum absolute atomic E-state index is 13.6. The number of piperidine rings is 1. The van der Waals surface area contributed by atoms with E-state index in [-0.39, 0.29) is 29.5 Å². The lowest BCUT2D eigenvalue weighted by Gasteiger charge is -2.32. The van der Waals surface area contributed by atoms with Gasteiger partial charge in [0.2, 0.25) is 5.91 Å². The van der Waals surface area contributed by atoms with E-state index in [2.05, 4.69) is 22.3 Å². The number of ether oxygens (including phenoxy) is 1. The van der Waals surface area contributed by atoms with Crippen LogP contribution in [0.4, 0.5) is 10.1 Å². The summed E-state index contributed by atoms with van der Waals surface area (Å²) >= 11 is 0. The maximum Gasteiger partial charge on any atom is 0.226 e. The molecule has 1 saturated heterocycles. The predicted molar refractivity (Wildman–Crippen MR) is 158 cm³/mol. The van der Waals surface area contributed by atoms with Gasteiger partial charge < -0.3 is 15.0 Å². The Hall–Kier alpha value is -3.51. The largest absolute Gasteiger partial charge is 0.486 e. The van der Waals surface area contributed by atoms with E-state index in [9.17, 15) is 14.0 Å². The molecule has 0 saturated carbocycles. The molecule has 1 atom stereocenters. The summed E-state index contributed by atoms with van der Waals surface area (Å²) in [5, 5.41) is 3.02. The molecule has 1 heterocycles. The summed E-state index contributed by atoms with van der Waals surface area (Å²) < 4.78 is 19.9. The number of amides is 1. The van der Waals surface area contributed by atoms with Crippen molar-refractivity contribution in [1.29, 1.82) is 0 Å². The van der Waals surface area contributed by atoms with Crippen LogP contribution in [-0.2, 0) is 4.79 Å². The second-order valence-corrected chi connectivity index (χ2v) is 11.1. The number of ketones is 1. The smallest absolute Gasteiger partial charge is 0.226 e. The van der Waals surface area contributed by atoms with Crippen LogP contribution in [0.1, 0.15) is 86.4 Å². The number of anilines is 1. The Kier molecular flexibility index (Phi) is 10.5. The fourth-order valence-electron chi connectivity index (χ4n) is 5.24. The topological polar surface area (TPSA) is 58.6 Å². The molecule has 0 radical (unpaired) electrons. The molecule has 0 aliphatic carbocycles. The minimum atomic E-state index is -0.267. The predicted octanol–water partition coefficient (Wildman–Crippen LogP) is 7.79. The number of halogens is 1. The van der Waals surface area contributed by atoms with E-state index in [1.807, 2.05) is 38.1 Å². The fourth-order valence-corrected chi connectivity index (χ4v) is 5.24. The van der Waals surface area contributed by atoms with Crippen LogP contribution in [0.15, 0.2) is 72.8 Å². The van der Waals surface area contributed by atoms with Gasteiger partial charge in [-0.3, -0.25) is 9.59 Å². The molecule has 1 unspecified atom stereocenters. The monoisotopic (exact) mass is 544 g/mol. The van der Waals surface area contributed by atoms with Gasteiger partial charge in [-0.05, 0) is 112 Å². The Bertz CT molecular complexity index is 1270. The molecule has 4 rings (SSSR count). The molecule has 0 aromatic heterocycles. The SMILES string of the molecule is CC(=O)c1cccc(OC(CCCCN2CCC(c3cccc(NC(=O)C(C)C)c3)CC2)c2ccc(F)cc2)c1. The van der Waals surface area contributed by atoms with E-state index < -0.39 is 0 Å². The third kappa shape index (κ3) is 8.49. The molecule has 3 aromatic carbocycles. The van der Waals surface area contributed by atoms with Gasteiger partial charge in [-0.15, -0.1) is 0 Å². The molecular weight excluding hydrogens is 503 g/mol. The van der Waals surface area contributed by atoms with Crippen LogP contribution >= 0.6 is 0 Å². The summed E-state index contributed by atoms with van der Waals surface area (Å²) in [6.07, 6.45) is 4.84. The molecule has 1 aliphatic heterocycles. The van der Waals surface area contributed by atoms with Crippen molar-refractivity contribution in [3.8, 4) is 5.75 Å². The van der Waals surface area contributed by atoms with Crippen molar-refractivity contribution in [3.63, 3.8) is 0 Å². The quantitative estimate of drug-likeness (QED) is 0.187. The standard InChI is InChI=1S/C34H41FN2O3/c1-24(2)34(39)36-31-10-6-9-29(22-31)26-17-20-37(21-18-26)19-5-4-12-33(27-13-15-30(35)16-14-27)40-32-11-7-8-28(23-32)25(3)38/h6-11,13-16,22-24,26,33H,4-5,12,17-21H2,1-3H3,(H,36,39). The molecule has 40 heavy (non-hydrogen) atoms. The van der Waals surface area contributed by atoms with Crippen molar-refractivity contribution in [2.75, 3.05) is 25.0 Å². The Morgan fingerprint density at radius 3 is 2.40 bits per heavy atom. The van der Waals surface area contributed by atoms with Gasteiger partial charge in [-0.2, -0.15) is 0 Å². The van der Waals surface area contributed by atoms with E-state index in [1.54, 1.807) is 31.2 Å². The molecule has 1 aliphatic rings. The third-order valence-corrected chi connectivity index (χ3v) is 7.69. The molecule has 3 aromatic rings. The van der Waals surface area contributed by atoms with Gasteiger partial charge in [0.25, 0.3) is 0 Å². The lowest BCUT2D eigenvalue weighted by atomic mass is 9.89. The second-order valence-electron chi connectivity index (χ2n) is 11.1. The highest BCUT2D eigenvalue weighted by atomic mass is 19.1. The van der Waals surface area contributed by atoms with Crippen LogP contribution in [0.2, 0.25) is 0 Å². The average Bonchev–Trinajstić information content (AvgIpc) is 2.95. The summed E-state index contributed by atoms with van der Waals surface area (Å²) in [5.74, 6) is 0.895. The summed E-state index contributed by atoms with van der Waals surface area (Å²) in [6, 6.07) is 22.0. The number of carbonyl (C=O) groups excluding carboxylic acids is 2. The first kappa shape index (κ1) is 29.5. The van der Waals surface area contributed by atoms with Crippen LogP contribution < -0.4 is 10.1 Å². The number of unbranched alkanes of at least 4 members (excludes halogenated alkanes) is 1. The Labute approximate surface area is 237 Å². The fraction of sp³-hybridized carbons (Fsp3) is 0.412. The minimum absolute atomic E-state index is 0.00171. The van der Waals surface area contributed by atoms with Crippen molar-refractivity contribution in [2.24, 2.45) is 5.92 Å². The number of benzene rings is 3. The number of hydrogen-bond acceptors (Lipinski definition) is 4. The molecule has 1 fully saturated rings. The molecule has 1 N–H and O–H groups in total. The zero-order chi connectivity index (χ0) is 28.5. The Morgan fingerprint density at radius 2 is 1.70 bits per heavy atom. The number of nitrogens with one attached hydrogen (secondary N) is 1. The lowest BCUT2D eigenvalue weighted by Crippen LogP contribution is -2.33. The number of hydrogen-bond donors (Lipinski definition) is 1. The summed E-state index contributed by atoms with van der Waals surface area (Å²) in [4.78, 5) is 26.4. The highest BCUT2D eigenvalue weighted by Crippen LogP contribution is 2.31. The summed E-state index contributed by atoms with van der Waals surface area (Å²) in [6.45, 7) is 8.50. The van der Waals surface area contributed by atoms with E-state index in [1.165, 1.54) is 17.7 Å². The van der Waals surface area contributed by atoms with E-state index in [4.69, 9.17) is 4.74 Å². The van der Waals surface area contributed by atoms with Gasteiger partial charge in [0, 0.05) is 17.2 Å². The second kappa shape index (κ2) is 14.2. The highest BCUT2D eigenvalue weighted by molar-refractivity contribution is 5.94. The number of rotatable bonds is 12. The van der Waals surface area contributed by atoms with Crippen molar-refractivity contribution >= 4 is 17.4 Å². The molecule has 0 bridgehead atoms. The van der Waals surface area contributed by atoms with Crippen molar-refractivity contribution in [2.45, 2.75) is 64.9 Å². The van der Waals surface area contributed by atoms with Crippen molar-refractivity contribution < 1.29 is 18.7 Å². The van der Waals surface area contributed by atoms with E-state index in [0.717, 1.165) is 63.0 Å². The summed E-state index contributed by atoms with van der Waals surface area (Å²) in [7, 11) is 0. The highest BCUT2D eigenvalue weighted by Gasteiger charge is 2.21. The number of carbonyl (C=O) groups is 2. The van der Waals surface area contributed by atoms with Gasteiger partial charge >= 0.3 is 0 Å². The van der Waals surface area contributed by atoms with Gasteiger partial charge in [0.1, 0.15) is 17.7 Å². The van der Waals surface area contributed by atoms with Gasteiger partial charge in [0.05, 0.1) is 0 Å². The zero-order valence-electron chi connectivity index (χ0n) is 23.9. The normalized spacial score (nSPS) is 15.1. The lowest BCUT2D eigenvalue weighted by molar-refractivity contribution is -0.118. The van der Waals surface area contributed by atoms with E-state index >= 15 is 0 Å². The molecule has 0 spiro atoms. The molecule has 1 amide bonds. The summed E-state index contributed by atoms with van der Waals surface area (Å²) in [5.41, 5.74) is 3.73. The van der Waals surface area contributed by atoms with Crippen LogP contribution in [0, 0.1) is 11.7 Å². The Morgan fingerprint density at radius 1 is 0.975 bits per heavy atom. The minimum Gasteiger partial charge on any atom is -0.486 e. The molecule has 212 valence electrons. The Balaban J connectivity index is 1.27. The first-order valence-corrected chi connectivity index (χ1v) is 14.4. The number of nitrogens with zero attached hydrogens (tertiary/aromatic N) is 1. The zero-order valence-corrected chi connectivity index (χ0v) is 23.9. The number of likely N-dealkylation sites (tertiary alicyclic amines) is 1. The average molecular weight is 545 g/mol. The van der Waals surface area contributed by atoms with Gasteiger partial charge in [0.15, 0.2) is 5.78 Å². The number of Topliss-reactive ketones (excluding diaryl/α,β-unsaturated/α-hetero) is 1. The first-order chi connectivity index (χ1) is 19.3. The van der Waals surface area contributed by atoms with Crippen molar-refractivity contribution in [1.82, 2.24) is 4.90 Å². The molecule has 5 nitrogen and oxygen atoms in total. The van der Waals surface area contributed by atoms with Gasteiger partial charge in [-0.1, -0.05) is 50.2 Å².